The summed E-state index contributed by atoms with van der Waals surface area (Å²) in [6.45, 7) is 2.37. The van der Waals surface area contributed by atoms with E-state index in [0.29, 0.717) is 23.6 Å². The van der Waals surface area contributed by atoms with Crippen LogP contribution in [-0.4, -0.2) is 44.7 Å². The monoisotopic (exact) mass is 252 g/mol. The fourth-order valence-electron chi connectivity index (χ4n) is 1.70. The Kier molecular flexibility index (Phi) is 4.97. The standard InChI is InChI=1S/C13H20N2O3/c1-9(14)8-15(2)13(16)10-5-6-11(17-3)12(7-10)18-4/h5-7,9H,8,14H2,1-4H3. The van der Waals surface area contributed by atoms with E-state index in [-0.39, 0.29) is 11.9 Å². The Morgan fingerprint density at radius 2 is 1.94 bits per heavy atom. The molecule has 0 aromatic heterocycles. The highest BCUT2D eigenvalue weighted by Gasteiger charge is 2.15. The number of carbonyl (C=O) groups is 1. The quantitative estimate of drug-likeness (QED) is 0.853. The van der Waals surface area contributed by atoms with Crippen LogP contribution in [-0.2, 0) is 0 Å². The number of rotatable bonds is 5. The highest BCUT2D eigenvalue weighted by molar-refractivity contribution is 5.94. The van der Waals surface area contributed by atoms with Crippen LogP contribution in [0.3, 0.4) is 0 Å². The molecule has 2 N–H and O–H groups in total. The van der Waals surface area contributed by atoms with Crippen LogP contribution < -0.4 is 15.2 Å². The number of nitrogens with two attached hydrogens (primary N) is 1. The number of benzene rings is 1. The van der Waals surface area contributed by atoms with Gasteiger partial charge in [-0.1, -0.05) is 0 Å². The topological polar surface area (TPSA) is 64.8 Å². The van der Waals surface area contributed by atoms with Crippen LogP contribution in [0.25, 0.3) is 0 Å². The fraction of sp³-hybridized carbons (Fsp3) is 0.462. The SMILES string of the molecule is COc1ccc(C(=O)N(C)CC(C)N)cc1OC. The normalized spacial score (nSPS) is 11.8. The van der Waals surface area contributed by atoms with Gasteiger partial charge in [0.05, 0.1) is 14.2 Å². The molecule has 1 rings (SSSR count). The van der Waals surface area contributed by atoms with Gasteiger partial charge in [-0.25, -0.2) is 0 Å². The zero-order valence-electron chi connectivity index (χ0n) is 11.3. The van der Waals surface area contributed by atoms with Crippen molar-refractivity contribution in [2.45, 2.75) is 13.0 Å². The molecule has 0 aliphatic rings. The van der Waals surface area contributed by atoms with Crippen LogP contribution in [0.15, 0.2) is 18.2 Å². The third-order valence-corrected chi connectivity index (χ3v) is 2.54. The Bertz CT molecular complexity index is 419. The van der Waals surface area contributed by atoms with Crippen LogP contribution >= 0.6 is 0 Å². The van der Waals surface area contributed by atoms with Gasteiger partial charge in [0.1, 0.15) is 0 Å². The van der Waals surface area contributed by atoms with E-state index in [4.69, 9.17) is 15.2 Å². The molecule has 0 heterocycles. The molecule has 0 bridgehead atoms. The van der Waals surface area contributed by atoms with Crippen LogP contribution in [0, 0.1) is 0 Å². The van der Waals surface area contributed by atoms with E-state index in [9.17, 15) is 4.79 Å². The highest BCUT2D eigenvalue weighted by Crippen LogP contribution is 2.27. The van der Waals surface area contributed by atoms with Gasteiger partial charge in [-0.05, 0) is 25.1 Å². The van der Waals surface area contributed by atoms with Crippen LogP contribution in [0.5, 0.6) is 11.5 Å². The molecule has 1 aromatic carbocycles. The molecule has 100 valence electrons. The van der Waals surface area contributed by atoms with Crippen molar-refractivity contribution in [3.8, 4) is 11.5 Å². The lowest BCUT2D eigenvalue weighted by atomic mass is 10.1. The van der Waals surface area contributed by atoms with E-state index in [0.717, 1.165) is 0 Å². The maximum absolute atomic E-state index is 12.1. The van der Waals surface area contributed by atoms with Gasteiger partial charge in [-0.2, -0.15) is 0 Å². The number of hydrogen-bond acceptors (Lipinski definition) is 4. The first-order chi connectivity index (χ1) is 8.49. The Hall–Kier alpha value is -1.75. The lowest BCUT2D eigenvalue weighted by Crippen LogP contribution is -2.36. The number of carbonyl (C=O) groups excluding carboxylic acids is 1. The molecule has 0 fully saturated rings. The molecule has 5 heteroatoms. The molecule has 5 nitrogen and oxygen atoms in total. The molecule has 1 atom stereocenters. The van der Waals surface area contributed by atoms with Crippen molar-refractivity contribution in [3.05, 3.63) is 23.8 Å². The summed E-state index contributed by atoms with van der Waals surface area (Å²) in [5, 5.41) is 0. The first kappa shape index (κ1) is 14.3. The fourth-order valence-corrected chi connectivity index (χ4v) is 1.70. The maximum Gasteiger partial charge on any atom is 0.253 e. The number of hydrogen-bond donors (Lipinski definition) is 1. The maximum atomic E-state index is 12.1. The average molecular weight is 252 g/mol. The molecule has 1 aromatic rings. The molecule has 0 saturated heterocycles. The molecule has 0 radical (unpaired) electrons. The summed E-state index contributed by atoms with van der Waals surface area (Å²) in [4.78, 5) is 13.7. The van der Waals surface area contributed by atoms with Crippen molar-refractivity contribution in [2.24, 2.45) is 5.73 Å². The van der Waals surface area contributed by atoms with Gasteiger partial charge >= 0.3 is 0 Å². The van der Waals surface area contributed by atoms with Crippen LogP contribution in [0.1, 0.15) is 17.3 Å². The number of likely N-dealkylation sites (N-methyl/N-ethyl adjacent to an activating group) is 1. The summed E-state index contributed by atoms with van der Waals surface area (Å²) >= 11 is 0. The molecular formula is C13H20N2O3. The minimum atomic E-state index is -0.0896. The Balaban J connectivity index is 2.92. The van der Waals surface area contributed by atoms with Gasteiger partial charge in [0.25, 0.3) is 5.91 Å². The van der Waals surface area contributed by atoms with E-state index in [2.05, 4.69) is 0 Å². The number of amides is 1. The average Bonchev–Trinajstić information content (AvgIpc) is 2.36. The van der Waals surface area contributed by atoms with Crippen molar-refractivity contribution in [3.63, 3.8) is 0 Å². The van der Waals surface area contributed by atoms with Gasteiger partial charge in [0, 0.05) is 25.2 Å². The van der Waals surface area contributed by atoms with Gasteiger partial charge in [0.15, 0.2) is 11.5 Å². The van der Waals surface area contributed by atoms with Crippen molar-refractivity contribution in [1.82, 2.24) is 4.90 Å². The number of methoxy groups -OCH3 is 2. The zero-order chi connectivity index (χ0) is 13.7. The third-order valence-electron chi connectivity index (χ3n) is 2.54. The van der Waals surface area contributed by atoms with Crippen molar-refractivity contribution < 1.29 is 14.3 Å². The van der Waals surface area contributed by atoms with Crippen molar-refractivity contribution >= 4 is 5.91 Å². The summed E-state index contributed by atoms with van der Waals surface area (Å²) in [5.74, 6) is 1.05. The lowest BCUT2D eigenvalue weighted by Gasteiger charge is -2.20. The number of ether oxygens (including phenoxy) is 2. The largest absolute Gasteiger partial charge is 0.493 e. The summed E-state index contributed by atoms with van der Waals surface area (Å²) < 4.78 is 10.3. The van der Waals surface area contributed by atoms with Gasteiger partial charge < -0.3 is 20.1 Å². The van der Waals surface area contributed by atoms with Crippen molar-refractivity contribution in [1.29, 1.82) is 0 Å². The van der Waals surface area contributed by atoms with Crippen LogP contribution in [0.2, 0.25) is 0 Å². The molecule has 0 aliphatic heterocycles. The van der Waals surface area contributed by atoms with E-state index in [1.165, 1.54) is 7.11 Å². The minimum absolute atomic E-state index is 0.0564. The second kappa shape index (κ2) is 6.26. The second-order valence-corrected chi connectivity index (χ2v) is 4.23. The summed E-state index contributed by atoms with van der Waals surface area (Å²) in [5.41, 5.74) is 6.22. The molecule has 0 aliphatic carbocycles. The Labute approximate surface area is 107 Å². The first-order valence-electron chi connectivity index (χ1n) is 5.72. The highest BCUT2D eigenvalue weighted by atomic mass is 16.5. The molecular weight excluding hydrogens is 232 g/mol. The summed E-state index contributed by atoms with van der Waals surface area (Å²) in [6.07, 6.45) is 0. The number of nitrogens with zero attached hydrogens (tertiary/aromatic N) is 1. The van der Waals surface area contributed by atoms with E-state index in [1.54, 1.807) is 37.3 Å². The van der Waals surface area contributed by atoms with Crippen molar-refractivity contribution in [2.75, 3.05) is 27.8 Å². The second-order valence-electron chi connectivity index (χ2n) is 4.23. The lowest BCUT2D eigenvalue weighted by molar-refractivity contribution is 0.0788. The van der Waals surface area contributed by atoms with E-state index in [1.807, 2.05) is 6.92 Å². The van der Waals surface area contributed by atoms with Gasteiger partial charge in [-0.15, -0.1) is 0 Å². The molecule has 1 amide bonds. The molecule has 1 unspecified atom stereocenters. The Morgan fingerprint density at radius 1 is 1.33 bits per heavy atom. The first-order valence-corrected chi connectivity index (χ1v) is 5.72. The summed E-state index contributed by atoms with van der Waals surface area (Å²) in [6, 6.07) is 5.03. The molecule has 0 saturated carbocycles. The molecule has 0 spiro atoms. The van der Waals surface area contributed by atoms with E-state index < -0.39 is 0 Å². The predicted molar refractivity (Wildman–Crippen MR) is 70.2 cm³/mol. The zero-order valence-corrected chi connectivity index (χ0v) is 11.3. The smallest absolute Gasteiger partial charge is 0.253 e. The predicted octanol–water partition coefficient (Wildman–Crippen LogP) is 1.12. The van der Waals surface area contributed by atoms with E-state index >= 15 is 0 Å². The Morgan fingerprint density at radius 3 is 2.44 bits per heavy atom. The third kappa shape index (κ3) is 3.37. The minimum Gasteiger partial charge on any atom is -0.493 e. The van der Waals surface area contributed by atoms with Gasteiger partial charge in [-0.3, -0.25) is 4.79 Å². The summed E-state index contributed by atoms with van der Waals surface area (Å²) in [7, 11) is 4.82. The van der Waals surface area contributed by atoms with Gasteiger partial charge in [0.2, 0.25) is 0 Å². The molecule has 18 heavy (non-hydrogen) atoms. The van der Waals surface area contributed by atoms with Crippen LogP contribution in [0.4, 0.5) is 0 Å².